The van der Waals surface area contributed by atoms with Crippen LogP contribution in [0.2, 0.25) is 0 Å². The van der Waals surface area contributed by atoms with Gasteiger partial charge in [-0.05, 0) is 42.7 Å². The lowest BCUT2D eigenvalue weighted by molar-refractivity contribution is -0.116. The quantitative estimate of drug-likeness (QED) is 0.673. The first-order valence-corrected chi connectivity index (χ1v) is 8.19. The highest BCUT2D eigenvalue weighted by Crippen LogP contribution is 2.47. The second-order valence-corrected chi connectivity index (χ2v) is 6.51. The SMILES string of the molecule is CC1CC1c1ccc(CCC(=O)Nc2ccc3[nH]c(=O)[nH]c3c2)o1. The molecule has 1 aliphatic carbocycles. The maximum absolute atomic E-state index is 12.1. The maximum Gasteiger partial charge on any atom is 0.323 e. The molecular weight excluding hydrogens is 306 g/mol. The Bertz CT molecular complexity index is 950. The molecule has 6 heteroatoms. The van der Waals surface area contributed by atoms with E-state index in [1.165, 1.54) is 6.42 Å². The Balaban J connectivity index is 1.35. The van der Waals surface area contributed by atoms with Gasteiger partial charge in [-0.2, -0.15) is 0 Å². The molecule has 0 bridgehead atoms. The van der Waals surface area contributed by atoms with Crippen LogP contribution in [0.3, 0.4) is 0 Å². The third-order valence-corrected chi connectivity index (χ3v) is 4.56. The summed E-state index contributed by atoms with van der Waals surface area (Å²) in [6.07, 6.45) is 2.13. The summed E-state index contributed by atoms with van der Waals surface area (Å²) >= 11 is 0. The molecule has 2 unspecified atom stereocenters. The van der Waals surface area contributed by atoms with Crippen molar-refractivity contribution in [3.8, 4) is 0 Å². The van der Waals surface area contributed by atoms with Gasteiger partial charge in [0.05, 0.1) is 11.0 Å². The van der Waals surface area contributed by atoms with E-state index < -0.39 is 0 Å². The van der Waals surface area contributed by atoms with Gasteiger partial charge in [0.25, 0.3) is 0 Å². The first-order valence-electron chi connectivity index (χ1n) is 8.19. The fraction of sp³-hybridized carbons (Fsp3) is 0.333. The topological polar surface area (TPSA) is 90.9 Å². The molecule has 124 valence electrons. The number of fused-ring (bicyclic) bond motifs is 1. The molecule has 1 aliphatic rings. The summed E-state index contributed by atoms with van der Waals surface area (Å²) in [5, 5.41) is 2.85. The predicted molar refractivity (Wildman–Crippen MR) is 91.1 cm³/mol. The van der Waals surface area contributed by atoms with E-state index in [1.807, 2.05) is 12.1 Å². The summed E-state index contributed by atoms with van der Waals surface area (Å²) in [6, 6.07) is 9.26. The number of hydrogen-bond donors (Lipinski definition) is 3. The van der Waals surface area contributed by atoms with Gasteiger partial charge in [-0.1, -0.05) is 6.92 Å². The van der Waals surface area contributed by atoms with E-state index in [0.717, 1.165) is 17.0 Å². The highest BCUT2D eigenvalue weighted by atomic mass is 16.3. The fourth-order valence-electron chi connectivity index (χ4n) is 3.02. The van der Waals surface area contributed by atoms with Gasteiger partial charge in [-0.3, -0.25) is 4.79 Å². The number of carbonyl (C=O) groups excluding carboxylic acids is 1. The van der Waals surface area contributed by atoms with Crippen molar-refractivity contribution in [3.63, 3.8) is 0 Å². The minimum absolute atomic E-state index is 0.0787. The average Bonchev–Trinajstić information content (AvgIpc) is 2.97. The zero-order valence-corrected chi connectivity index (χ0v) is 13.4. The van der Waals surface area contributed by atoms with Gasteiger partial charge in [0.15, 0.2) is 0 Å². The number of aromatic amines is 2. The molecule has 2 aromatic heterocycles. The monoisotopic (exact) mass is 325 g/mol. The van der Waals surface area contributed by atoms with Crippen LogP contribution in [0, 0.1) is 5.92 Å². The van der Waals surface area contributed by atoms with Crippen LogP contribution in [0.1, 0.15) is 37.2 Å². The zero-order chi connectivity index (χ0) is 16.7. The van der Waals surface area contributed by atoms with Crippen LogP contribution >= 0.6 is 0 Å². The Morgan fingerprint density at radius 1 is 1.25 bits per heavy atom. The lowest BCUT2D eigenvalue weighted by atomic mass is 10.2. The van der Waals surface area contributed by atoms with Crippen molar-refractivity contribution in [1.82, 2.24) is 9.97 Å². The van der Waals surface area contributed by atoms with Crippen LogP contribution in [0.5, 0.6) is 0 Å². The molecule has 3 N–H and O–H groups in total. The van der Waals surface area contributed by atoms with Crippen LogP contribution < -0.4 is 11.0 Å². The first kappa shape index (κ1) is 14.8. The number of amides is 1. The maximum atomic E-state index is 12.1. The summed E-state index contributed by atoms with van der Waals surface area (Å²) in [6.45, 7) is 2.22. The number of furan rings is 1. The van der Waals surface area contributed by atoms with Gasteiger partial charge >= 0.3 is 5.69 Å². The summed E-state index contributed by atoms with van der Waals surface area (Å²) in [5.74, 6) is 3.08. The first-order chi connectivity index (χ1) is 11.6. The molecule has 4 rings (SSSR count). The molecule has 0 saturated heterocycles. The summed E-state index contributed by atoms with van der Waals surface area (Å²) in [4.78, 5) is 28.7. The number of carbonyl (C=O) groups is 1. The lowest BCUT2D eigenvalue weighted by Crippen LogP contribution is -2.12. The molecule has 1 amide bonds. The Kier molecular flexibility index (Phi) is 3.52. The Morgan fingerprint density at radius 2 is 2.04 bits per heavy atom. The number of H-pyrrole nitrogens is 2. The molecule has 3 aromatic rings. The van der Waals surface area contributed by atoms with Crippen molar-refractivity contribution in [1.29, 1.82) is 0 Å². The highest BCUT2D eigenvalue weighted by Gasteiger charge is 2.36. The molecule has 6 nitrogen and oxygen atoms in total. The Labute approximate surface area is 138 Å². The number of hydrogen-bond acceptors (Lipinski definition) is 3. The minimum Gasteiger partial charge on any atom is -0.466 e. The number of imidazole rings is 1. The van der Waals surface area contributed by atoms with Gasteiger partial charge in [0.2, 0.25) is 5.91 Å². The number of aromatic nitrogens is 2. The van der Waals surface area contributed by atoms with Crippen LogP contribution in [-0.4, -0.2) is 15.9 Å². The van der Waals surface area contributed by atoms with Gasteiger partial charge in [0, 0.05) is 24.4 Å². The fourth-order valence-corrected chi connectivity index (χ4v) is 3.02. The van der Waals surface area contributed by atoms with E-state index >= 15 is 0 Å². The van der Waals surface area contributed by atoms with Crippen molar-refractivity contribution in [3.05, 3.63) is 52.3 Å². The number of rotatable bonds is 5. The summed E-state index contributed by atoms with van der Waals surface area (Å²) in [5.41, 5.74) is 1.80. The van der Waals surface area contributed by atoms with E-state index in [4.69, 9.17) is 4.42 Å². The highest BCUT2D eigenvalue weighted by molar-refractivity contribution is 5.93. The van der Waals surface area contributed by atoms with Crippen molar-refractivity contribution in [2.75, 3.05) is 5.32 Å². The number of nitrogens with one attached hydrogen (secondary N) is 3. The molecule has 0 radical (unpaired) electrons. The molecule has 1 fully saturated rings. The van der Waals surface area contributed by atoms with Crippen molar-refractivity contribution >= 4 is 22.6 Å². The van der Waals surface area contributed by atoms with E-state index in [2.05, 4.69) is 22.2 Å². The third kappa shape index (κ3) is 2.99. The van der Waals surface area contributed by atoms with Crippen LogP contribution in [0.4, 0.5) is 5.69 Å². The molecule has 0 aliphatic heterocycles. The van der Waals surface area contributed by atoms with Gasteiger partial charge in [-0.15, -0.1) is 0 Å². The van der Waals surface area contributed by atoms with E-state index in [0.29, 0.717) is 35.9 Å². The standard InChI is InChI=1S/C18H19N3O3/c1-10-8-13(10)16-6-3-12(24-16)4-7-17(22)19-11-2-5-14-15(9-11)21-18(23)20-14/h2-3,5-6,9-10,13H,4,7-8H2,1H3,(H,19,22)(H2,20,21,23). The van der Waals surface area contributed by atoms with Gasteiger partial charge in [0.1, 0.15) is 11.5 Å². The molecule has 1 aromatic carbocycles. The second-order valence-electron chi connectivity index (χ2n) is 6.51. The van der Waals surface area contributed by atoms with Crippen LogP contribution in [0.25, 0.3) is 11.0 Å². The smallest absolute Gasteiger partial charge is 0.323 e. The van der Waals surface area contributed by atoms with Crippen LogP contribution in [0.15, 0.2) is 39.5 Å². The van der Waals surface area contributed by atoms with E-state index in [1.54, 1.807) is 18.2 Å². The number of anilines is 1. The normalized spacial score (nSPS) is 19.5. The Hall–Kier alpha value is -2.76. The second kappa shape index (κ2) is 5.70. The molecule has 1 saturated carbocycles. The largest absolute Gasteiger partial charge is 0.466 e. The van der Waals surface area contributed by atoms with E-state index in [9.17, 15) is 9.59 Å². The minimum atomic E-state index is -0.257. The van der Waals surface area contributed by atoms with Crippen LogP contribution in [-0.2, 0) is 11.2 Å². The molecule has 24 heavy (non-hydrogen) atoms. The van der Waals surface area contributed by atoms with E-state index in [-0.39, 0.29) is 11.6 Å². The predicted octanol–water partition coefficient (Wildman–Crippen LogP) is 3.14. The zero-order valence-electron chi connectivity index (χ0n) is 13.4. The Morgan fingerprint density at radius 3 is 2.83 bits per heavy atom. The molecule has 0 spiro atoms. The van der Waals surface area contributed by atoms with Gasteiger partial charge in [-0.25, -0.2) is 4.79 Å². The van der Waals surface area contributed by atoms with Crippen molar-refractivity contribution in [2.24, 2.45) is 5.92 Å². The van der Waals surface area contributed by atoms with Crippen molar-refractivity contribution < 1.29 is 9.21 Å². The molecule has 2 heterocycles. The third-order valence-electron chi connectivity index (χ3n) is 4.56. The van der Waals surface area contributed by atoms with Gasteiger partial charge < -0.3 is 19.7 Å². The summed E-state index contributed by atoms with van der Waals surface area (Å²) < 4.78 is 5.82. The number of aryl methyl sites for hydroxylation is 1. The van der Waals surface area contributed by atoms with Crippen molar-refractivity contribution in [2.45, 2.75) is 32.1 Å². The lowest BCUT2D eigenvalue weighted by Gasteiger charge is -2.04. The average molecular weight is 325 g/mol. The summed E-state index contributed by atoms with van der Waals surface area (Å²) in [7, 11) is 0. The number of benzene rings is 1. The molecular formula is C18H19N3O3. The molecule has 2 atom stereocenters.